The molecule has 3 aliphatic rings. The number of rotatable bonds is 9. The van der Waals surface area contributed by atoms with Gasteiger partial charge in [-0.25, -0.2) is 4.99 Å². The average Bonchev–Trinajstić information content (AvgIpc) is 3.60. The molecular formula is C35H34F3N7O3S2. The van der Waals surface area contributed by atoms with Gasteiger partial charge in [0.2, 0.25) is 0 Å². The SMILES string of the molecule is CCN(CCC1CNCCO1)c1ccc(C#N)cc1N=C1SC(=C2Sc3cc(NC(=O)C(F)(F)F)ccc3N2C)C(=O)N1Cc1ccccc1. The Hall–Kier alpha value is -4.49. The maximum absolute atomic E-state index is 14.3. The van der Waals surface area contributed by atoms with E-state index in [9.17, 15) is 28.0 Å². The number of carbonyl (C=O) groups is 2. The lowest BCUT2D eigenvalue weighted by Crippen LogP contribution is -2.40. The minimum atomic E-state index is -5.02. The van der Waals surface area contributed by atoms with E-state index in [1.54, 1.807) is 30.1 Å². The van der Waals surface area contributed by atoms with Gasteiger partial charge >= 0.3 is 12.1 Å². The lowest BCUT2D eigenvalue weighted by molar-refractivity contribution is -0.167. The standard InChI is InChI=1S/C35H34F3N7O3S2/c1-3-44(15-13-25-20-40-14-16-48-25)27-11-9-23(19-39)17-26(27)42-34-45(21-22-7-5-4-6-8-22)31(46)30(50-34)32-43(2)28-12-10-24(18-29(28)49-32)41-33(47)35(36,37)38/h4-12,17-18,25,40H,3,13-16,20-21H2,1-2H3,(H,41,47). The molecule has 0 aliphatic carbocycles. The number of fused-ring (bicyclic) bond motifs is 1. The molecule has 10 nitrogen and oxygen atoms in total. The first-order chi connectivity index (χ1) is 24.0. The van der Waals surface area contributed by atoms with Gasteiger partial charge in [-0.2, -0.15) is 18.4 Å². The van der Waals surface area contributed by atoms with Crippen LogP contribution in [-0.2, 0) is 20.9 Å². The summed E-state index contributed by atoms with van der Waals surface area (Å²) in [6.07, 6.45) is -4.14. The number of anilines is 3. The first kappa shape index (κ1) is 35.3. The Balaban J connectivity index is 1.35. The molecule has 3 aliphatic heterocycles. The molecule has 0 spiro atoms. The van der Waals surface area contributed by atoms with Gasteiger partial charge in [0.15, 0.2) is 5.17 Å². The Morgan fingerprint density at radius 3 is 2.66 bits per heavy atom. The summed E-state index contributed by atoms with van der Waals surface area (Å²) in [4.78, 5) is 37.5. The predicted octanol–water partition coefficient (Wildman–Crippen LogP) is 6.44. The number of halogens is 3. The first-order valence-corrected chi connectivity index (χ1v) is 17.6. The molecule has 15 heteroatoms. The Kier molecular flexibility index (Phi) is 10.7. The number of nitrogens with zero attached hydrogens (tertiary/aromatic N) is 5. The molecule has 1 unspecified atom stereocenters. The van der Waals surface area contributed by atoms with Crippen molar-refractivity contribution < 1.29 is 27.5 Å². The predicted molar refractivity (Wildman–Crippen MR) is 190 cm³/mol. The second-order valence-electron chi connectivity index (χ2n) is 11.7. The van der Waals surface area contributed by atoms with Crippen LogP contribution in [0, 0.1) is 11.3 Å². The van der Waals surface area contributed by atoms with E-state index < -0.39 is 12.1 Å². The molecule has 1 atom stereocenters. The highest BCUT2D eigenvalue weighted by Gasteiger charge is 2.41. The van der Waals surface area contributed by atoms with E-state index in [0.29, 0.717) is 56.6 Å². The summed E-state index contributed by atoms with van der Waals surface area (Å²) in [6, 6.07) is 21.6. The zero-order valence-corrected chi connectivity index (χ0v) is 28.9. The lowest BCUT2D eigenvalue weighted by atomic mass is 10.1. The van der Waals surface area contributed by atoms with Crippen LogP contribution in [0.4, 0.5) is 35.9 Å². The number of nitrogens with one attached hydrogen (secondary N) is 2. The average molecular weight is 722 g/mol. The van der Waals surface area contributed by atoms with Gasteiger partial charge in [0.05, 0.1) is 53.0 Å². The van der Waals surface area contributed by atoms with E-state index in [2.05, 4.69) is 23.2 Å². The molecule has 6 rings (SSSR count). The number of hydrogen-bond donors (Lipinski definition) is 2. The van der Waals surface area contributed by atoms with E-state index >= 15 is 0 Å². The molecular weight excluding hydrogens is 688 g/mol. The van der Waals surface area contributed by atoms with Crippen molar-refractivity contribution in [3.63, 3.8) is 0 Å². The molecule has 2 fully saturated rings. The fraction of sp³-hybridized carbons (Fsp3) is 0.314. The van der Waals surface area contributed by atoms with Crippen molar-refractivity contribution in [3.8, 4) is 6.07 Å². The molecule has 260 valence electrons. The Morgan fingerprint density at radius 1 is 1.16 bits per heavy atom. The number of hydrogen-bond acceptors (Lipinski definition) is 10. The van der Waals surface area contributed by atoms with Crippen molar-refractivity contribution in [2.75, 3.05) is 55.0 Å². The molecule has 3 heterocycles. The molecule has 0 bridgehead atoms. The Bertz CT molecular complexity index is 1880. The number of aliphatic imine (C=N–C) groups is 1. The summed E-state index contributed by atoms with van der Waals surface area (Å²) < 4.78 is 44.6. The van der Waals surface area contributed by atoms with E-state index in [-0.39, 0.29) is 24.2 Å². The number of benzene rings is 3. The highest BCUT2D eigenvalue weighted by Crippen LogP contribution is 2.51. The van der Waals surface area contributed by atoms with Crippen LogP contribution in [0.15, 0.2) is 86.6 Å². The van der Waals surface area contributed by atoms with Gasteiger partial charge in [-0.3, -0.25) is 14.5 Å². The van der Waals surface area contributed by atoms with Crippen LogP contribution in [0.25, 0.3) is 0 Å². The van der Waals surface area contributed by atoms with Crippen molar-refractivity contribution in [2.24, 2.45) is 4.99 Å². The third-order valence-electron chi connectivity index (χ3n) is 8.36. The lowest BCUT2D eigenvalue weighted by Gasteiger charge is -2.29. The number of nitriles is 1. The van der Waals surface area contributed by atoms with E-state index in [1.807, 2.05) is 46.6 Å². The second kappa shape index (κ2) is 15.2. The molecule has 3 aromatic carbocycles. The largest absolute Gasteiger partial charge is 0.471 e. The third kappa shape index (κ3) is 7.78. The fourth-order valence-electron chi connectivity index (χ4n) is 5.76. The van der Waals surface area contributed by atoms with Gasteiger partial charge in [-0.15, -0.1) is 0 Å². The van der Waals surface area contributed by atoms with Crippen LogP contribution in [0.2, 0.25) is 0 Å². The van der Waals surface area contributed by atoms with Crippen LogP contribution < -0.4 is 20.4 Å². The number of morpholine rings is 1. The summed E-state index contributed by atoms with van der Waals surface area (Å²) in [7, 11) is 1.78. The smallest absolute Gasteiger partial charge is 0.376 e. The highest BCUT2D eigenvalue weighted by atomic mass is 32.2. The molecule has 2 saturated heterocycles. The molecule has 0 aromatic heterocycles. The van der Waals surface area contributed by atoms with Gasteiger partial charge in [0.1, 0.15) is 4.91 Å². The van der Waals surface area contributed by atoms with Crippen molar-refractivity contribution in [3.05, 3.63) is 87.8 Å². The number of amides is 2. The molecule has 2 N–H and O–H groups in total. The number of ether oxygens (including phenoxy) is 1. The summed E-state index contributed by atoms with van der Waals surface area (Å²) in [5, 5.41) is 16.0. The number of thioether (sulfide) groups is 2. The minimum absolute atomic E-state index is 0.00623. The number of amidine groups is 1. The monoisotopic (exact) mass is 721 g/mol. The number of carbonyl (C=O) groups excluding carboxylic acids is 2. The van der Waals surface area contributed by atoms with Crippen molar-refractivity contribution in [1.29, 1.82) is 5.26 Å². The van der Waals surface area contributed by atoms with E-state index in [0.717, 1.165) is 30.8 Å². The maximum Gasteiger partial charge on any atom is 0.471 e. The Morgan fingerprint density at radius 2 is 1.96 bits per heavy atom. The second-order valence-corrected chi connectivity index (χ2v) is 13.7. The third-order valence-corrected chi connectivity index (χ3v) is 10.8. The molecule has 3 aromatic rings. The van der Waals surface area contributed by atoms with Crippen LogP contribution in [0.3, 0.4) is 0 Å². The zero-order valence-electron chi connectivity index (χ0n) is 27.3. The van der Waals surface area contributed by atoms with Gasteiger partial charge in [0, 0.05) is 43.8 Å². The number of alkyl halides is 3. The first-order valence-electron chi connectivity index (χ1n) is 16.0. The zero-order chi connectivity index (χ0) is 35.4. The van der Waals surface area contributed by atoms with Crippen molar-refractivity contribution >= 4 is 63.3 Å². The molecule has 2 amide bonds. The minimum Gasteiger partial charge on any atom is -0.376 e. The molecule has 0 saturated carbocycles. The summed E-state index contributed by atoms with van der Waals surface area (Å²) in [6.45, 7) is 5.97. The Labute approximate surface area is 296 Å². The van der Waals surface area contributed by atoms with Crippen LogP contribution >= 0.6 is 23.5 Å². The normalized spacial score (nSPS) is 19.9. The fourth-order valence-corrected chi connectivity index (χ4v) is 8.14. The molecule has 0 radical (unpaired) electrons. The maximum atomic E-state index is 14.3. The van der Waals surface area contributed by atoms with E-state index in [1.165, 1.54) is 35.7 Å². The van der Waals surface area contributed by atoms with Crippen molar-refractivity contribution in [2.45, 2.75) is 37.1 Å². The summed E-state index contributed by atoms with van der Waals surface area (Å²) in [5.74, 6) is -2.34. The highest BCUT2D eigenvalue weighted by molar-refractivity contribution is 8.19. The van der Waals surface area contributed by atoms with Crippen molar-refractivity contribution in [1.82, 2.24) is 10.2 Å². The topological polar surface area (TPSA) is 113 Å². The summed E-state index contributed by atoms with van der Waals surface area (Å²) >= 11 is 2.43. The van der Waals surface area contributed by atoms with Gasteiger partial charge in [-0.1, -0.05) is 42.1 Å². The van der Waals surface area contributed by atoms with Crippen LogP contribution in [0.5, 0.6) is 0 Å². The summed E-state index contributed by atoms with van der Waals surface area (Å²) in [5.41, 5.74) is 3.37. The quantitative estimate of drug-likeness (QED) is 0.241. The van der Waals surface area contributed by atoms with Gasteiger partial charge in [0.25, 0.3) is 5.91 Å². The van der Waals surface area contributed by atoms with Gasteiger partial charge < -0.3 is 25.2 Å². The van der Waals surface area contributed by atoms with E-state index in [4.69, 9.17) is 9.73 Å². The molecule has 50 heavy (non-hydrogen) atoms. The van der Waals surface area contributed by atoms with Crippen LogP contribution in [0.1, 0.15) is 24.5 Å². The van der Waals surface area contributed by atoms with Crippen LogP contribution in [-0.4, -0.2) is 74.0 Å². The van der Waals surface area contributed by atoms with Gasteiger partial charge in [-0.05, 0) is 67.1 Å².